The molecule has 0 atom stereocenters. The molecule has 0 aromatic carbocycles. The lowest BCUT2D eigenvalue weighted by Gasteiger charge is -2.13. The molecule has 0 unspecified atom stereocenters. The fourth-order valence-electron chi connectivity index (χ4n) is 2.07. The molecule has 2 heterocycles. The summed E-state index contributed by atoms with van der Waals surface area (Å²) in [4.78, 5) is 22.3. The number of rotatable bonds is 8. The van der Waals surface area contributed by atoms with Gasteiger partial charge in [0.25, 0.3) is 0 Å². The summed E-state index contributed by atoms with van der Waals surface area (Å²) >= 11 is 2.63. The molecular weight excluding hydrogens is 538 g/mol. The number of carbonyl (C=O) groups excluding carboxylic acids is 1. The zero-order valence-corrected chi connectivity index (χ0v) is 19.9. The molecule has 0 saturated heterocycles. The van der Waals surface area contributed by atoms with E-state index in [2.05, 4.69) is 20.6 Å². The number of guanidine groups is 1. The van der Waals surface area contributed by atoms with Crippen molar-refractivity contribution in [3.63, 3.8) is 0 Å². The van der Waals surface area contributed by atoms with E-state index in [1.807, 2.05) is 17.5 Å². The minimum atomic E-state index is -4.43. The summed E-state index contributed by atoms with van der Waals surface area (Å²) in [5.74, 6) is 0.299. The van der Waals surface area contributed by atoms with Crippen LogP contribution in [0, 0.1) is 0 Å². The van der Waals surface area contributed by atoms with Gasteiger partial charge in [0.05, 0.1) is 5.01 Å². The molecule has 0 radical (unpaired) electrons. The first-order valence-corrected chi connectivity index (χ1v) is 10.3. The Bertz CT molecular complexity index is 778. The van der Waals surface area contributed by atoms with E-state index in [1.165, 1.54) is 9.78 Å². The molecule has 0 fully saturated rings. The quantitative estimate of drug-likeness (QED) is 0.295. The maximum Gasteiger partial charge on any atom is 0.434 e. The molecule has 12 heteroatoms. The molecular formula is C17H23F3IN5OS2. The maximum absolute atomic E-state index is 12.6. The van der Waals surface area contributed by atoms with Gasteiger partial charge < -0.3 is 15.5 Å². The third kappa shape index (κ3) is 9.30. The Balaban J connectivity index is 0.00000420. The Morgan fingerprint density at radius 1 is 1.21 bits per heavy atom. The van der Waals surface area contributed by atoms with Gasteiger partial charge in [0.15, 0.2) is 11.7 Å². The lowest BCUT2D eigenvalue weighted by Crippen LogP contribution is -2.40. The largest absolute Gasteiger partial charge is 0.434 e. The lowest BCUT2D eigenvalue weighted by molar-refractivity contribution is -0.140. The van der Waals surface area contributed by atoms with Crippen molar-refractivity contribution in [3.8, 4) is 0 Å². The summed E-state index contributed by atoms with van der Waals surface area (Å²) in [6.45, 7) is 0.959. The third-order valence-corrected chi connectivity index (χ3v) is 5.43. The van der Waals surface area contributed by atoms with Gasteiger partial charge >= 0.3 is 6.18 Å². The van der Waals surface area contributed by atoms with Crippen LogP contribution in [0.1, 0.15) is 15.6 Å². The average molecular weight is 561 g/mol. The molecule has 0 aliphatic carbocycles. The zero-order valence-electron chi connectivity index (χ0n) is 16.0. The first-order valence-electron chi connectivity index (χ1n) is 8.52. The minimum absolute atomic E-state index is 0. The van der Waals surface area contributed by atoms with Gasteiger partial charge in [-0.25, -0.2) is 9.98 Å². The van der Waals surface area contributed by atoms with E-state index in [1.54, 1.807) is 25.4 Å². The predicted molar refractivity (Wildman–Crippen MR) is 121 cm³/mol. The Hall–Kier alpha value is -1.41. The molecule has 2 rings (SSSR count). The van der Waals surface area contributed by atoms with E-state index < -0.39 is 11.9 Å². The summed E-state index contributed by atoms with van der Waals surface area (Å²) in [5.41, 5.74) is -0.868. The van der Waals surface area contributed by atoms with E-state index in [9.17, 15) is 18.0 Å². The Kier molecular flexibility index (Phi) is 10.9. The number of thiophene rings is 1. The monoisotopic (exact) mass is 561 g/mol. The summed E-state index contributed by atoms with van der Waals surface area (Å²) < 4.78 is 37.8. The van der Waals surface area contributed by atoms with Crippen molar-refractivity contribution in [2.45, 2.75) is 19.0 Å². The van der Waals surface area contributed by atoms with Gasteiger partial charge in [0.1, 0.15) is 6.54 Å². The SMILES string of the molecule is CN(C)C(=O)CN=C(NCCc1cccs1)NCCc1nc(C(F)(F)F)cs1.I. The van der Waals surface area contributed by atoms with Gasteiger partial charge in [0.2, 0.25) is 5.91 Å². The smallest absolute Gasteiger partial charge is 0.356 e. The number of amides is 1. The molecule has 0 saturated carbocycles. The number of aromatic nitrogens is 1. The van der Waals surface area contributed by atoms with Gasteiger partial charge in [-0.3, -0.25) is 4.79 Å². The van der Waals surface area contributed by atoms with Crippen LogP contribution in [0.2, 0.25) is 0 Å². The van der Waals surface area contributed by atoms with Gasteiger partial charge in [-0.05, 0) is 17.9 Å². The molecule has 162 valence electrons. The van der Waals surface area contributed by atoms with Gasteiger partial charge in [-0.2, -0.15) is 13.2 Å². The highest BCUT2D eigenvalue weighted by atomic mass is 127. The number of likely N-dealkylation sites (N-methyl/N-ethyl adjacent to an activating group) is 1. The van der Waals surface area contributed by atoms with Crippen molar-refractivity contribution in [3.05, 3.63) is 38.5 Å². The number of aliphatic imine (C=N–C) groups is 1. The fourth-order valence-corrected chi connectivity index (χ4v) is 3.58. The second-order valence-corrected chi connectivity index (χ2v) is 7.99. The van der Waals surface area contributed by atoms with Gasteiger partial charge in [-0.1, -0.05) is 6.07 Å². The minimum Gasteiger partial charge on any atom is -0.356 e. The number of thiazole rings is 1. The number of halogens is 4. The molecule has 2 N–H and O–H groups in total. The van der Waals surface area contributed by atoms with E-state index >= 15 is 0 Å². The highest BCUT2D eigenvalue weighted by Gasteiger charge is 2.33. The Labute approximate surface area is 192 Å². The van der Waals surface area contributed by atoms with Crippen LogP contribution in [-0.4, -0.2) is 55.5 Å². The van der Waals surface area contributed by atoms with E-state index in [4.69, 9.17) is 0 Å². The number of alkyl halides is 3. The van der Waals surface area contributed by atoms with Crippen LogP contribution in [0.25, 0.3) is 0 Å². The molecule has 0 spiro atoms. The number of nitrogens with one attached hydrogen (secondary N) is 2. The molecule has 2 aromatic heterocycles. The molecule has 29 heavy (non-hydrogen) atoms. The molecule has 0 bridgehead atoms. The maximum atomic E-state index is 12.6. The predicted octanol–water partition coefficient (Wildman–Crippen LogP) is 3.25. The first-order chi connectivity index (χ1) is 13.3. The van der Waals surface area contributed by atoms with E-state index in [0.717, 1.165) is 23.1 Å². The average Bonchev–Trinajstić information content (AvgIpc) is 3.30. The van der Waals surface area contributed by atoms with Crippen molar-refractivity contribution >= 4 is 58.5 Å². The fraction of sp³-hybridized carbons (Fsp3) is 0.471. The van der Waals surface area contributed by atoms with E-state index in [0.29, 0.717) is 30.5 Å². The standard InChI is InChI=1S/C17H22F3N5OS2.HI/c1-25(2)15(26)10-23-16(21-7-5-12-4-3-9-27-12)22-8-6-14-24-13(11-28-14)17(18,19)20;/h3-4,9,11H,5-8,10H2,1-2H3,(H2,21,22,23);1H. The zero-order chi connectivity index (χ0) is 20.6. The van der Waals surface area contributed by atoms with Crippen molar-refractivity contribution < 1.29 is 18.0 Å². The third-order valence-electron chi connectivity index (χ3n) is 3.59. The van der Waals surface area contributed by atoms with Crippen molar-refractivity contribution in [1.29, 1.82) is 0 Å². The Morgan fingerprint density at radius 3 is 2.45 bits per heavy atom. The molecule has 0 aliphatic rings. The van der Waals surface area contributed by atoms with Crippen LogP contribution in [0.15, 0.2) is 27.9 Å². The highest BCUT2D eigenvalue weighted by molar-refractivity contribution is 14.0. The summed E-state index contributed by atoms with van der Waals surface area (Å²) in [5, 5.41) is 9.60. The van der Waals surface area contributed by atoms with Crippen LogP contribution >= 0.6 is 46.7 Å². The van der Waals surface area contributed by atoms with Crippen LogP contribution in [-0.2, 0) is 23.8 Å². The normalized spacial score (nSPS) is 11.7. The van der Waals surface area contributed by atoms with Crippen LogP contribution in [0.4, 0.5) is 13.2 Å². The molecule has 2 aromatic rings. The number of carbonyl (C=O) groups is 1. The van der Waals surface area contributed by atoms with Crippen LogP contribution in [0.5, 0.6) is 0 Å². The number of hydrogen-bond acceptors (Lipinski definition) is 5. The topological polar surface area (TPSA) is 69.6 Å². The van der Waals surface area contributed by atoms with Crippen LogP contribution in [0.3, 0.4) is 0 Å². The van der Waals surface area contributed by atoms with Crippen LogP contribution < -0.4 is 10.6 Å². The second kappa shape index (κ2) is 12.3. The first kappa shape index (κ1) is 25.6. The summed E-state index contributed by atoms with van der Waals surface area (Å²) in [6, 6.07) is 4.01. The number of nitrogens with zero attached hydrogens (tertiary/aromatic N) is 3. The highest BCUT2D eigenvalue weighted by Crippen LogP contribution is 2.29. The van der Waals surface area contributed by atoms with Crippen molar-refractivity contribution in [2.24, 2.45) is 4.99 Å². The van der Waals surface area contributed by atoms with E-state index in [-0.39, 0.29) is 36.4 Å². The van der Waals surface area contributed by atoms with Gasteiger partial charge in [-0.15, -0.1) is 46.7 Å². The summed E-state index contributed by atoms with van der Waals surface area (Å²) in [6.07, 6.45) is -3.29. The molecule has 6 nitrogen and oxygen atoms in total. The second-order valence-electron chi connectivity index (χ2n) is 6.01. The van der Waals surface area contributed by atoms with Gasteiger partial charge in [0, 0.05) is 43.9 Å². The lowest BCUT2D eigenvalue weighted by atomic mass is 10.3. The summed E-state index contributed by atoms with van der Waals surface area (Å²) in [7, 11) is 3.30. The molecule has 1 amide bonds. The van der Waals surface area contributed by atoms with Crippen molar-refractivity contribution in [2.75, 3.05) is 33.7 Å². The Morgan fingerprint density at radius 2 is 1.90 bits per heavy atom. The van der Waals surface area contributed by atoms with Crippen molar-refractivity contribution in [1.82, 2.24) is 20.5 Å². The molecule has 0 aliphatic heterocycles. The number of hydrogen-bond donors (Lipinski definition) is 2.